The molecule has 0 radical (unpaired) electrons. The van der Waals surface area contributed by atoms with Gasteiger partial charge in [0, 0.05) is 23.7 Å². The highest BCUT2D eigenvalue weighted by molar-refractivity contribution is 6.46. The normalized spacial score (nSPS) is 18.0. The standard InChI is InChI=1S/C24H27NO5/c1-5-6-13-25-21(18-12-11-17(29-3)14-19(18)30-4)20(23(27)24(25)28)22(26)16-9-7-15(2)8-10-16/h7-12,14,21,26H,5-6,13H2,1-4H3/t21-/m0/s1. The number of hydrogen-bond donors (Lipinski definition) is 1. The number of benzene rings is 2. The molecular weight excluding hydrogens is 382 g/mol. The zero-order valence-electron chi connectivity index (χ0n) is 17.8. The van der Waals surface area contributed by atoms with Gasteiger partial charge in [-0.15, -0.1) is 0 Å². The van der Waals surface area contributed by atoms with Crippen LogP contribution in [0.25, 0.3) is 5.76 Å². The number of methoxy groups -OCH3 is 2. The van der Waals surface area contributed by atoms with E-state index < -0.39 is 17.7 Å². The number of aliphatic hydroxyl groups is 1. The number of hydrogen-bond acceptors (Lipinski definition) is 5. The van der Waals surface area contributed by atoms with Gasteiger partial charge in [0.2, 0.25) is 0 Å². The predicted molar refractivity (Wildman–Crippen MR) is 115 cm³/mol. The number of rotatable bonds is 7. The molecule has 1 aliphatic rings. The summed E-state index contributed by atoms with van der Waals surface area (Å²) in [6.45, 7) is 4.37. The van der Waals surface area contributed by atoms with Crippen LogP contribution < -0.4 is 9.47 Å². The van der Waals surface area contributed by atoms with E-state index in [0.717, 1.165) is 18.4 Å². The minimum Gasteiger partial charge on any atom is -0.507 e. The summed E-state index contributed by atoms with van der Waals surface area (Å²) in [5.74, 6) is -0.403. The number of amides is 1. The fourth-order valence-electron chi connectivity index (χ4n) is 3.67. The van der Waals surface area contributed by atoms with Crippen molar-refractivity contribution in [3.63, 3.8) is 0 Å². The van der Waals surface area contributed by atoms with Gasteiger partial charge in [0.05, 0.1) is 25.8 Å². The number of carbonyl (C=O) groups is 2. The summed E-state index contributed by atoms with van der Waals surface area (Å²) in [4.78, 5) is 27.4. The van der Waals surface area contributed by atoms with Crippen LogP contribution in [0.4, 0.5) is 0 Å². The Balaban J connectivity index is 2.21. The van der Waals surface area contributed by atoms with E-state index in [9.17, 15) is 14.7 Å². The van der Waals surface area contributed by atoms with Crippen LogP contribution in [0.1, 0.15) is 42.5 Å². The maximum Gasteiger partial charge on any atom is 0.295 e. The lowest BCUT2D eigenvalue weighted by molar-refractivity contribution is -0.139. The largest absolute Gasteiger partial charge is 0.507 e. The van der Waals surface area contributed by atoms with Crippen molar-refractivity contribution in [2.24, 2.45) is 0 Å². The number of aliphatic hydroxyl groups excluding tert-OH is 1. The molecule has 0 bridgehead atoms. The van der Waals surface area contributed by atoms with E-state index in [4.69, 9.17) is 9.47 Å². The first-order chi connectivity index (χ1) is 14.4. The van der Waals surface area contributed by atoms with Crippen LogP contribution in [0.5, 0.6) is 11.5 Å². The number of likely N-dealkylation sites (tertiary alicyclic amines) is 1. The van der Waals surface area contributed by atoms with E-state index in [1.54, 1.807) is 37.4 Å². The van der Waals surface area contributed by atoms with E-state index in [0.29, 0.717) is 29.2 Å². The van der Waals surface area contributed by atoms with Crippen molar-refractivity contribution in [2.45, 2.75) is 32.7 Å². The molecule has 30 heavy (non-hydrogen) atoms. The third-order valence-corrected chi connectivity index (χ3v) is 5.35. The molecule has 1 aliphatic heterocycles. The van der Waals surface area contributed by atoms with Gasteiger partial charge in [0.1, 0.15) is 17.3 Å². The molecule has 6 heteroatoms. The van der Waals surface area contributed by atoms with Crippen LogP contribution in [0.15, 0.2) is 48.0 Å². The van der Waals surface area contributed by atoms with Crippen LogP contribution in [0.3, 0.4) is 0 Å². The highest BCUT2D eigenvalue weighted by atomic mass is 16.5. The number of aryl methyl sites for hydroxylation is 1. The maximum absolute atomic E-state index is 13.0. The first kappa shape index (κ1) is 21.4. The van der Waals surface area contributed by atoms with Gasteiger partial charge in [0.25, 0.3) is 11.7 Å². The number of Topliss-reactive ketones (excluding diaryl/α,β-unsaturated/α-hetero) is 1. The quantitative estimate of drug-likeness (QED) is 0.421. The van der Waals surface area contributed by atoms with Gasteiger partial charge in [-0.3, -0.25) is 9.59 Å². The number of ketones is 1. The molecule has 1 amide bonds. The monoisotopic (exact) mass is 409 g/mol. The van der Waals surface area contributed by atoms with Crippen LogP contribution in [-0.4, -0.2) is 42.5 Å². The molecule has 0 saturated carbocycles. The second-order valence-electron chi connectivity index (χ2n) is 7.32. The molecule has 3 rings (SSSR count). The van der Waals surface area contributed by atoms with Crippen molar-refractivity contribution in [1.29, 1.82) is 0 Å². The lowest BCUT2D eigenvalue weighted by Gasteiger charge is -2.26. The van der Waals surface area contributed by atoms with Gasteiger partial charge < -0.3 is 19.5 Å². The molecule has 0 unspecified atom stereocenters. The Morgan fingerprint density at radius 1 is 1.07 bits per heavy atom. The lowest BCUT2D eigenvalue weighted by Crippen LogP contribution is -2.30. The molecule has 0 aliphatic carbocycles. The molecule has 1 fully saturated rings. The van der Waals surface area contributed by atoms with Crippen molar-refractivity contribution in [2.75, 3.05) is 20.8 Å². The Hall–Kier alpha value is -3.28. The molecule has 0 spiro atoms. The zero-order chi connectivity index (χ0) is 21.8. The molecule has 2 aromatic rings. The minimum absolute atomic E-state index is 0.0726. The van der Waals surface area contributed by atoms with Gasteiger partial charge in [-0.25, -0.2) is 0 Å². The second kappa shape index (κ2) is 9.03. The van der Waals surface area contributed by atoms with E-state index in [1.165, 1.54) is 12.0 Å². The van der Waals surface area contributed by atoms with E-state index >= 15 is 0 Å². The summed E-state index contributed by atoms with van der Waals surface area (Å²) in [6.07, 6.45) is 1.61. The molecule has 1 atom stereocenters. The molecule has 1 N–H and O–H groups in total. The summed E-state index contributed by atoms with van der Waals surface area (Å²) in [7, 11) is 3.08. The topological polar surface area (TPSA) is 76.1 Å². The highest BCUT2D eigenvalue weighted by Crippen LogP contribution is 2.43. The van der Waals surface area contributed by atoms with Crippen molar-refractivity contribution < 1.29 is 24.2 Å². The minimum atomic E-state index is -0.737. The molecule has 6 nitrogen and oxygen atoms in total. The van der Waals surface area contributed by atoms with Crippen LogP contribution in [0, 0.1) is 6.92 Å². The Bertz CT molecular complexity index is 978. The SMILES string of the molecule is CCCCN1C(=O)C(=O)C(=C(O)c2ccc(C)cc2)[C@@H]1c1ccc(OC)cc1OC. The predicted octanol–water partition coefficient (Wildman–Crippen LogP) is 4.23. The molecule has 158 valence electrons. The van der Waals surface area contributed by atoms with E-state index in [-0.39, 0.29) is 11.3 Å². The average molecular weight is 409 g/mol. The summed E-state index contributed by atoms with van der Waals surface area (Å²) in [5.41, 5.74) is 2.22. The summed E-state index contributed by atoms with van der Waals surface area (Å²) < 4.78 is 10.8. The smallest absolute Gasteiger partial charge is 0.295 e. The van der Waals surface area contributed by atoms with Gasteiger partial charge in [0.15, 0.2) is 0 Å². The van der Waals surface area contributed by atoms with Crippen LogP contribution in [-0.2, 0) is 9.59 Å². The molecular formula is C24H27NO5. The Morgan fingerprint density at radius 2 is 1.77 bits per heavy atom. The fourth-order valence-corrected chi connectivity index (χ4v) is 3.67. The fraction of sp³-hybridized carbons (Fsp3) is 0.333. The molecule has 1 saturated heterocycles. The van der Waals surface area contributed by atoms with Gasteiger partial charge in [-0.1, -0.05) is 43.2 Å². The Kier molecular flexibility index (Phi) is 6.45. The summed E-state index contributed by atoms with van der Waals surface area (Å²) >= 11 is 0. The van der Waals surface area contributed by atoms with Crippen molar-refractivity contribution in [3.8, 4) is 11.5 Å². The lowest BCUT2D eigenvalue weighted by atomic mass is 9.94. The van der Waals surface area contributed by atoms with Gasteiger partial charge >= 0.3 is 0 Å². The van der Waals surface area contributed by atoms with Gasteiger partial charge in [-0.2, -0.15) is 0 Å². The Labute approximate surface area is 176 Å². The zero-order valence-corrected chi connectivity index (χ0v) is 17.8. The van der Waals surface area contributed by atoms with E-state index in [2.05, 4.69) is 0 Å². The molecule has 2 aromatic carbocycles. The number of ether oxygens (including phenoxy) is 2. The third kappa shape index (κ3) is 3.90. The van der Waals surface area contributed by atoms with Crippen LogP contribution in [0.2, 0.25) is 0 Å². The molecule has 1 heterocycles. The maximum atomic E-state index is 13.0. The highest BCUT2D eigenvalue weighted by Gasteiger charge is 2.46. The summed E-state index contributed by atoms with van der Waals surface area (Å²) in [6, 6.07) is 11.7. The number of carbonyl (C=O) groups excluding carboxylic acids is 2. The number of unbranched alkanes of at least 4 members (excludes halogenated alkanes) is 1. The summed E-state index contributed by atoms with van der Waals surface area (Å²) in [5, 5.41) is 11.1. The van der Waals surface area contributed by atoms with Crippen LogP contribution >= 0.6 is 0 Å². The molecule has 0 aromatic heterocycles. The second-order valence-corrected chi connectivity index (χ2v) is 7.32. The van der Waals surface area contributed by atoms with Crippen molar-refractivity contribution in [3.05, 3.63) is 64.7 Å². The third-order valence-electron chi connectivity index (χ3n) is 5.35. The van der Waals surface area contributed by atoms with Crippen molar-refractivity contribution >= 4 is 17.4 Å². The van der Waals surface area contributed by atoms with Gasteiger partial charge in [-0.05, 0) is 25.5 Å². The van der Waals surface area contributed by atoms with Crippen molar-refractivity contribution in [1.82, 2.24) is 4.90 Å². The number of nitrogens with zero attached hydrogens (tertiary/aromatic N) is 1. The first-order valence-corrected chi connectivity index (χ1v) is 10.00. The average Bonchev–Trinajstić information content (AvgIpc) is 3.01. The van der Waals surface area contributed by atoms with E-state index in [1.807, 2.05) is 26.0 Å². The first-order valence-electron chi connectivity index (χ1n) is 10.00. The Morgan fingerprint density at radius 3 is 2.37 bits per heavy atom.